The summed E-state index contributed by atoms with van der Waals surface area (Å²) >= 11 is 5.85. The standard InChI is InChI=1S/C19H20ClNO5S/c1-25-18-7-6-16(27(23,24)12-13-8-9-26-11-13)10-17(18)19(22)21-15-4-2-14(20)3-5-15/h2-7,10,13H,8-9,11-12H2,1H3,(H,21,22)/t13-/m0/s1. The summed E-state index contributed by atoms with van der Waals surface area (Å²) in [5.74, 6) is -0.194. The molecule has 0 radical (unpaired) electrons. The second kappa shape index (κ2) is 8.29. The molecule has 144 valence electrons. The SMILES string of the molecule is COc1ccc(S(=O)(=O)C[C@H]2CCOC2)cc1C(=O)Nc1ccc(Cl)cc1. The molecular weight excluding hydrogens is 390 g/mol. The average molecular weight is 410 g/mol. The highest BCUT2D eigenvalue weighted by atomic mass is 35.5. The topological polar surface area (TPSA) is 81.7 Å². The van der Waals surface area contributed by atoms with E-state index in [-0.39, 0.29) is 22.1 Å². The van der Waals surface area contributed by atoms with Crippen molar-refractivity contribution < 1.29 is 22.7 Å². The predicted molar refractivity (Wildman–Crippen MR) is 103 cm³/mol. The number of hydrogen-bond acceptors (Lipinski definition) is 5. The number of ether oxygens (including phenoxy) is 2. The fourth-order valence-electron chi connectivity index (χ4n) is 2.91. The molecule has 1 atom stereocenters. The molecule has 0 saturated carbocycles. The van der Waals surface area contributed by atoms with E-state index < -0.39 is 15.7 Å². The van der Waals surface area contributed by atoms with E-state index in [2.05, 4.69) is 5.32 Å². The summed E-state index contributed by atoms with van der Waals surface area (Å²) < 4.78 is 35.9. The Bertz CT molecular complexity index is 922. The molecule has 0 aromatic heterocycles. The second-order valence-corrected chi connectivity index (χ2v) is 8.80. The van der Waals surface area contributed by atoms with Gasteiger partial charge in [0.2, 0.25) is 0 Å². The number of amides is 1. The van der Waals surface area contributed by atoms with Crippen molar-refractivity contribution in [2.24, 2.45) is 5.92 Å². The summed E-state index contributed by atoms with van der Waals surface area (Å²) in [7, 11) is -2.11. The lowest BCUT2D eigenvalue weighted by Crippen LogP contribution is -2.18. The van der Waals surface area contributed by atoms with Crippen molar-refractivity contribution in [3.05, 3.63) is 53.1 Å². The van der Waals surface area contributed by atoms with Crippen LogP contribution in [0.25, 0.3) is 0 Å². The van der Waals surface area contributed by atoms with Crippen LogP contribution in [0.15, 0.2) is 47.4 Å². The average Bonchev–Trinajstić information content (AvgIpc) is 3.15. The number of benzene rings is 2. The number of rotatable bonds is 6. The van der Waals surface area contributed by atoms with E-state index in [9.17, 15) is 13.2 Å². The maximum atomic E-state index is 12.7. The van der Waals surface area contributed by atoms with E-state index in [1.54, 1.807) is 24.3 Å². The van der Waals surface area contributed by atoms with E-state index in [1.807, 2.05) is 0 Å². The highest BCUT2D eigenvalue weighted by Gasteiger charge is 2.26. The molecule has 6 nitrogen and oxygen atoms in total. The van der Waals surface area contributed by atoms with E-state index in [0.29, 0.717) is 29.7 Å². The Hall–Kier alpha value is -2.09. The fraction of sp³-hybridized carbons (Fsp3) is 0.316. The largest absolute Gasteiger partial charge is 0.496 e. The molecule has 2 aromatic rings. The molecule has 2 aromatic carbocycles. The molecule has 1 aliphatic rings. The Morgan fingerprint density at radius 3 is 2.63 bits per heavy atom. The van der Waals surface area contributed by atoms with Gasteiger partial charge in [-0.25, -0.2) is 8.42 Å². The van der Waals surface area contributed by atoms with Crippen molar-refractivity contribution in [3.8, 4) is 5.75 Å². The normalized spacial score (nSPS) is 16.9. The number of hydrogen-bond donors (Lipinski definition) is 1. The Morgan fingerprint density at radius 2 is 2.00 bits per heavy atom. The van der Waals surface area contributed by atoms with Gasteiger partial charge < -0.3 is 14.8 Å². The Balaban J connectivity index is 1.86. The van der Waals surface area contributed by atoms with Crippen molar-refractivity contribution in [3.63, 3.8) is 0 Å². The van der Waals surface area contributed by atoms with Gasteiger partial charge in [0, 0.05) is 17.3 Å². The van der Waals surface area contributed by atoms with E-state index in [0.717, 1.165) is 6.42 Å². The molecule has 0 bridgehead atoms. The summed E-state index contributed by atoms with van der Waals surface area (Å²) in [6, 6.07) is 10.9. The zero-order chi connectivity index (χ0) is 19.4. The van der Waals surface area contributed by atoms with Crippen LogP contribution in [0.5, 0.6) is 5.75 Å². The van der Waals surface area contributed by atoms with Gasteiger partial charge in [-0.15, -0.1) is 0 Å². The van der Waals surface area contributed by atoms with Crippen molar-refractivity contribution in [2.75, 3.05) is 31.4 Å². The van der Waals surface area contributed by atoms with Crippen LogP contribution in [0.2, 0.25) is 5.02 Å². The van der Waals surface area contributed by atoms with Gasteiger partial charge in [-0.1, -0.05) is 11.6 Å². The molecule has 0 aliphatic carbocycles. The molecule has 0 spiro atoms. The third kappa shape index (κ3) is 4.80. The van der Waals surface area contributed by atoms with E-state index >= 15 is 0 Å². The van der Waals surface area contributed by atoms with Crippen molar-refractivity contribution >= 4 is 33.0 Å². The van der Waals surface area contributed by atoms with Gasteiger partial charge in [-0.2, -0.15) is 0 Å². The van der Waals surface area contributed by atoms with Crippen LogP contribution >= 0.6 is 11.6 Å². The van der Waals surface area contributed by atoms with Gasteiger partial charge in [-0.3, -0.25) is 4.79 Å². The third-order valence-corrected chi connectivity index (χ3v) is 6.49. The lowest BCUT2D eigenvalue weighted by molar-refractivity contribution is 0.102. The van der Waals surface area contributed by atoms with Gasteiger partial charge in [0.15, 0.2) is 9.84 Å². The first-order valence-electron chi connectivity index (χ1n) is 8.44. The molecule has 1 amide bonds. The van der Waals surface area contributed by atoms with Crippen LogP contribution < -0.4 is 10.1 Å². The second-order valence-electron chi connectivity index (χ2n) is 6.33. The van der Waals surface area contributed by atoms with Crippen molar-refractivity contribution in [2.45, 2.75) is 11.3 Å². The molecular formula is C19H20ClNO5S. The van der Waals surface area contributed by atoms with Crippen molar-refractivity contribution in [1.82, 2.24) is 0 Å². The quantitative estimate of drug-likeness (QED) is 0.790. The van der Waals surface area contributed by atoms with Crippen LogP contribution in [0.4, 0.5) is 5.69 Å². The first kappa shape index (κ1) is 19.7. The summed E-state index contributed by atoms with van der Waals surface area (Å²) in [6.07, 6.45) is 0.722. The highest BCUT2D eigenvalue weighted by molar-refractivity contribution is 7.91. The molecule has 1 fully saturated rings. The van der Waals surface area contributed by atoms with Gasteiger partial charge >= 0.3 is 0 Å². The number of sulfone groups is 1. The number of anilines is 1. The highest BCUT2D eigenvalue weighted by Crippen LogP contribution is 2.26. The van der Waals surface area contributed by atoms with Crippen LogP contribution in [0.1, 0.15) is 16.8 Å². The van der Waals surface area contributed by atoms with Crippen LogP contribution in [-0.4, -0.2) is 40.4 Å². The monoisotopic (exact) mass is 409 g/mol. The van der Waals surface area contributed by atoms with Crippen molar-refractivity contribution in [1.29, 1.82) is 0 Å². The third-order valence-electron chi connectivity index (χ3n) is 4.36. The molecule has 1 saturated heterocycles. The van der Waals surface area contributed by atoms with Crippen LogP contribution in [-0.2, 0) is 14.6 Å². The number of methoxy groups -OCH3 is 1. The molecule has 1 N–H and O–H groups in total. The van der Waals surface area contributed by atoms with Gasteiger partial charge in [0.25, 0.3) is 5.91 Å². The molecule has 27 heavy (non-hydrogen) atoms. The minimum absolute atomic E-state index is 0.00241. The fourth-order valence-corrected chi connectivity index (χ4v) is 4.69. The minimum atomic E-state index is -3.54. The smallest absolute Gasteiger partial charge is 0.259 e. The number of carbonyl (C=O) groups excluding carboxylic acids is 1. The maximum Gasteiger partial charge on any atom is 0.259 e. The summed E-state index contributed by atoms with van der Waals surface area (Å²) in [5, 5.41) is 3.27. The first-order valence-corrected chi connectivity index (χ1v) is 10.5. The molecule has 8 heteroatoms. The van der Waals surface area contributed by atoms with E-state index in [4.69, 9.17) is 21.1 Å². The van der Waals surface area contributed by atoms with E-state index in [1.165, 1.54) is 25.3 Å². The molecule has 0 unspecified atom stereocenters. The molecule has 1 aliphatic heterocycles. The van der Waals surface area contributed by atoms with Gasteiger partial charge in [-0.05, 0) is 54.8 Å². The molecule has 3 rings (SSSR count). The zero-order valence-corrected chi connectivity index (χ0v) is 16.3. The number of nitrogens with one attached hydrogen (secondary N) is 1. The predicted octanol–water partition coefficient (Wildman–Crippen LogP) is 3.41. The first-order chi connectivity index (χ1) is 12.9. The Labute approximate surface area is 163 Å². The van der Waals surface area contributed by atoms with Gasteiger partial charge in [0.05, 0.1) is 29.9 Å². The summed E-state index contributed by atoms with van der Waals surface area (Å²) in [6.45, 7) is 1.02. The Morgan fingerprint density at radius 1 is 1.26 bits per heavy atom. The van der Waals surface area contributed by atoms with Crippen LogP contribution in [0.3, 0.4) is 0 Å². The summed E-state index contributed by atoms with van der Waals surface area (Å²) in [4.78, 5) is 12.8. The van der Waals surface area contributed by atoms with Gasteiger partial charge in [0.1, 0.15) is 5.75 Å². The zero-order valence-electron chi connectivity index (χ0n) is 14.8. The van der Waals surface area contributed by atoms with Crippen LogP contribution in [0, 0.1) is 5.92 Å². The number of carbonyl (C=O) groups is 1. The lowest BCUT2D eigenvalue weighted by atomic mass is 10.1. The minimum Gasteiger partial charge on any atom is -0.496 e. The summed E-state index contributed by atoms with van der Waals surface area (Å²) in [5.41, 5.74) is 0.694. The lowest BCUT2D eigenvalue weighted by Gasteiger charge is -2.13. The maximum absolute atomic E-state index is 12.7. The Kier molecular flexibility index (Phi) is 6.04. The number of halogens is 1. The molecule has 1 heterocycles.